The molecule has 2 aromatic rings. The molecular weight excluding hydrogens is 367 g/mol. The van der Waals surface area contributed by atoms with Crippen LogP contribution < -0.4 is 5.46 Å². The van der Waals surface area contributed by atoms with Crippen LogP contribution in [0.5, 0.6) is 0 Å². The lowest BCUT2D eigenvalue weighted by molar-refractivity contribution is 0.00578. The third-order valence-electron chi connectivity index (χ3n) is 8.35. The highest BCUT2D eigenvalue weighted by Gasteiger charge is 2.53. The zero-order valence-corrected chi connectivity index (χ0v) is 19.0. The van der Waals surface area contributed by atoms with Gasteiger partial charge in [0.2, 0.25) is 0 Å². The summed E-state index contributed by atoms with van der Waals surface area (Å²) in [6.45, 7) is 15.4. The lowest BCUT2D eigenvalue weighted by Crippen LogP contribution is -2.41. The maximum Gasteiger partial charge on any atom is 0.494 e. The summed E-state index contributed by atoms with van der Waals surface area (Å²) in [7, 11) is -0.331. The predicted octanol–water partition coefficient (Wildman–Crippen LogP) is 6.02. The molecule has 0 radical (unpaired) electrons. The Bertz CT molecular complexity index is 1010. The summed E-state index contributed by atoms with van der Waals surface area (Å²) < 4.78 is 12.7. The summed E-state index contributed by atoms with van der Waals surface area (Å²) >= 11 is 0. The second-order valence-corrected chi connectivity index (χ2v) is 10.5. The van der Waals surface area contributed by atoms with Crippen molar-refractivity contribution in [2.75, 3.05) is 0 Å². The van der Waals surface area contributed by atoms with Gasteiger partial charge in [-0.1, -0.05) is 68.0 Å². The van der Waals surface area contributed by atoms with Crippen LogP contribution in [0.25, 0.3) is 11.1 Å². The standard InChI is InChI=1S/C27H33BO2/c1-7-19-14-15-27(18(2)16-19)23-11-9-8-10-21(23)22-17-20(12-13-24(22)27)28-29-25(3,4)26(5,6)30-28/h8-13,17,19H,2,7,14-16H2,1,3-6H3. The van der Waals surface area contributed by atoms with E-state index in [9.17, 15) is 0 Å². The van der Waals surface area contributed by atoms with E-state index < -0.39 is 0 Å². The van der Waals surface area contributed by atoms with Crippen LogP contribution in [-0.4, -0.2) is 18.3 Å². The van der Waals surface area contributed by atoms with Crippen LogP contribution >= 0.6 is 0 Å². The molecule has 0 amide bonds. The average Bonchev–Trinajstić information content (AvgIpc) is 3.12. The number of allylic oxidation sites excluding steroid dienone is 1. The molecular formula is C27H33BO2. The summed E-state index contributed by atoms with van der Waals surface area (Å²) in [6.07, 6.45) is 4.79. The first-order chi connectivity index (χ1) is 14.2. The van der Waals surface area contributed by atoms with Gasteiger partial charge in [-0.15, -0.1) is 0 Å². The van der Waals surface area contributed by atoms with Gasteiger partial charge in [0, 0.05) is 5.41 Å². The molecule has 3 heteroatoms. The Balaban J connectivity index is 1.61. The van der Waals surface area contributed by atoms with E-state index in [1.807, 2.05) is 0 Å². The van der Waals surface area contributed by atoms with E-state index >= 15 is 0 Å². The first kappa shape index (κ1) is 20.1. The van der Waals surface area contributed by atoms with Crippen LogP contribution in [0.2, 0.25) is 0 Å². The molecule has 3 aliphatic rings. The van der Waals surface area contributed by atoms with Gasteiger partial charge in [-0.2, -0.15) is 0 Å². The monoisotopic (exact) mass is 400 g/mol. The molecule has 0 bridgehead atoms. The highest BCUT2D eigenvalue weighted by Crippen LogP contribution is 2.58. The molecule has 1 spiro atoms. The molecule has 5 rings (SSSR count). The lowest BCUT2D eigenvalue weighted by Gasteiger charge is -2.41. The van der Waals surface area contributed by atoms with Gasteiger partial charge in [0.1, 0.15) is 0 Å². The van der Waals surface area contributed by atoms with Gasteiger partial charge < -0.3 is 9.31 Å². The minimum absolute atomic E-state index is 0.0357. The third-order valence-corrected chi connectivity index (χ3v) is 8.35. The maximum atomic E-state index is 6.34. The zero-order chi connectivity index (χ0) is 21.3. The molecule has 156 valence electrons. The molecule has 1 saturated heterocycles. The van der Waals surface area contributed by atoms with Crippen molar-refractivity contribution in [1.29, 1.82) is 0 Å². The van der Waals surface area contributed by atoms with Gasteiger partial charge in [-0.25, -0.2) is 0 Å². The Kier molecular flexibility index (Phi) is 4.41. The fraction of sp³-hybridized carbons (Fsp3) is 0.481. The summed E-state index contributed by atoms with van der Waals surface area (Å²) in [6, 6.07) is 15.8. The van der Waals surface area contributed by atoms with Crippen molar-refractivity contribution < 1.29 is 9.31 Å². The van der Waals surface area contributed by atoms with E-state index in [2.05, 4.69) is 83.7 Å². The largest absolute Gasteiger partial charge is 0.494 e. The van der Waals surface area contributed by atoms with Gasteiger partial charge >= 0.3 is 7.12 Å². The van der Waals surface area contributed by atoms with Crippen molar-refractivity contribution in [2.24, 2.45) is 5.92 Å². The minimum Gasteiger partial charge on any atom is -0.399 e. The van der Waals surface area contributed by atoms with Crippen LogP contribution in [0.3, 0.4) is 0 Å². The minimum atomic E-state index is -0.331. The molecule has 1 saturated carbocycles. The summed E-state index contributed by atoms with van der Waals surface area (Å²) in [4.78, 5) is 0. The van der Waals surface area contributed by atoms with E-state index in [1.54, 1.807) is 0 Å². The molecule has 0 aromatic heterocycles. The van der Waals surface area contributed by atoms with Crippen LogP contribution in [0.15, 0.2) is 54.6 Å². The number of fused-ring (bicyclic) bond motifs is 5. The number of benzene rings is 2. The second kappa shape index (κ2) is 6.58. The van der Waals surface area contributed by atoms with Crippen molar-refractivity contribution in [3.63, 3.8) is 0 Å². The van der Waals surface area contributed by atoms with Crippen LogP contribution in [0, 0.1) is 5.92 Å². The zero-order valence-electron chi connectivity index (χ0n) is 19.0. The molecule has 2 aliphatic carbocycles. The normalized spacial score (nSPS) is 28.6. The molecule has 2 aromatic carbocycles. The van der Waals surface area contributed by atoms with E-state index in [1.165, 1.54) is 40.7 Å². The van der Waals surface area contributed by atoms with Crippen molar-refractivity contribution in [3.05, 3.63) is 65.7 Å². The SMILES string of the molecule is C=C1CC(CC)CCC12c1ccccc1-c1cc(B3OC(C)(C)C(C)(C)O3)ccc12. The fourth-order valence-corrected chi connectivity index (χ4v) is 5.74. The third kappa shape index (κ3) is 2.64. The molecule has 2 atom stereocenters. The van der Waals surface area contributed by atoms with Gasteiger partial charge in [-0.05, 0) is 80.6 Å². The summed E-state index contributed by atoms with van der Waals surface area (Å²) in [5.41, 5.74) is 7.32. The van der Waals surface area contributed by atoms with Crippen molar-refractivity contribution >= 4 is 12.6 Å². The Morgan fingerprint density at radius 1 is 0.967 bits per heavy atom. The smallest absolute Gasteiger partial charge is 0.399 e. The highest BCUT2D eigenvalue weighted by molar-refractivity contribution is 6.62. The number of rotatable bonds is 2. The Labute approximate surface area is 181 Å². The average molecular weight is 400 g/mol. The predicted molar refractivity (Wildman–Crippen MR) is 125 cm³/mol. The van der Waals surface area contributed by atoms with E-state index in [-0.39, 0.29) is 23.7 Å². The van der Waals surface area contributed by atoms with Gasteiger partial charge in [0.05, 0.1) is 11.2 Å². The molecule has 2 unspecified atom stereocenters. The van der Waals surface area contributed by atoms with Gasteiger partial charge in [0.15, 0.2) is 0 Å². The highest BCUT2D eigenvalue weighted by atomic mass is 16.7. The van der Waals surface area contributed by atoms with Crippen LogP contribution in [0.4, 0.5) is 0 Å². The first-order valence-corrected chi connectivity index (χ1v) is 11.5. The lowest BCUT2D eigenvalue weighted by atomic mass is 9.62. The van der Waals surface area contributed by atoms with Gasteiger partial charge in [-0.3, -0.25) is 0 Å². The summed E-state index contributed by atoms with van der Waals surface area (Å²) in [5, 5.41) is 0. The molecule has 1 aliphatic heterocycles. The molecule has 2 nitrogen and oxygen atoms in total. The number of hydrogen-bond donors (Lipinski definition) is 0. The molecule has 1 heterocycles. The summed E-state index contributed by atoms with van der Waals surface area (Å²) in [5.74, 6) is 0.767. The van der Waals surface area contributed by atoms with Gasteiger partial charge in [0.25, 0.3) is 0 Å². The van der Waals surface area contributed by atoms with Crippen LogP contribution in [0.1, 0.15) is 71.4 Å². The second-order valence-electron chi connectivity index (χ2n) is 10.5. The first-order valence-electron chi connectivity index (χ1n) is 11.5. The Morgan fingerprint density at radius 2 is 1.63 bits per heavy atom. The maximum absolute atomic E-state index is 6.34. The van der Waals surface area contributed by atoms with Crippen molar-refractivity contribution in [2.45, 2.75) is 76.9 Å². The molecule has 2 fully saturated rings. The number of hydrogen-bond acceptors (Lipinski definition) is 2. The van der Waals surface area contributed by atoms with E-state index in [4.69, 9.17) is 9.31 Å². The van der Waals surface area contributed by atoms with E-state index in [0.29, 0.717) is 0 Å². The Morgan fingerprint density at radius 3 is 2.30 bits per heavy atom. The fourth-order valence-electron chi connectivity index (χ4n) is 5.74. The van der Waals surface area contributed by atoms with E-state index in [0.717, 1.165) is 24.2 Å². The Hall–Kier alpha value is -1.84. The van der Waals surface area contributed by atoms with Crippen LogP contribution in [-0.2, 0) is 14.7 Å². The quantitative estimate of drug-likeness (QED) is 0.453. The molecule has 30 heavy (non-hydrogen) atoms. The topological polar surface area (TPSA) is 18.5 Å². The molecule has 0 N–H and O–H groups in total. The van der Waals surface area contributed by atoms with Crippen molar-refractivity contribution in [1.82, 2.24) is 0 Å². The van der Waals surface area contributed by atoms with Crippen molar-refractivity contribution in [3.8, 4) is 11.1 Å².